The molecule has 1 saturated heterocycles. The SMILES string of the molecule is CO[C@@H]1CC[C@H]2[C@H]1OCCN2Cc1ccc2ccccc2n1. The lowest BCUT2D eigenvalue weighted by molar-refractivity contribution is -0.106. The average Bonchev–Trinajstić information content (AvgIpc) is 2.99. The fraction of sp³-hybridized carbons (Fsp3) is 0.500. The van der Waals surface area contributed by atoms with E-state index >= 15 is 0 Å². The van der Waals surface area contributed by atoms with Gasteiger partial charge in [0, 0.05) is 31.6 Å². The van der Waals surface area contributed by atoms with Crippen molar-refractivity contribution in [3.8, 4) is 0 Å². The van der Waals surface area contributed by atoms with Gasteiger partial charge in [-0.25, -0.2) is 0 Å². The van der Waals surface area contributed by atoms with Gasteiger partial charge in [0.2, 0.25) is 0 Å². The lowest BCUT2D eigenvalue weighted by Gasteiger charge is -2.38. The number of para-hydroxylation sites is 1. The van der Waals surface area contributed by atoms with Crippen LogP contribution < -0.4 is 0 Å². The van der Waals surface area contributed by atoms with Crippen molar-refractivity contribution in [2.45, 2.75) is 37.6 Å². The molecule has 2 heterocycles. The molecule has 0 radical (unpaired) electrons. The van der Waals surface area contributed by atoms with Gasteiger partial charge in [-0.05, 0) is 25.0 Å². The van der Waals surface area contributed by atoms with E-state index in [1.807, 2.05) is 6.07 Å². The number of hydrogen-bond donors (Lipinski definition) is 0. The molecule has 4 heteroatoms. The molecule has 1 aromatic carbocycles. The van der Waals surface area contributed by atoms with Crippen molar-refractivity contribution >= 4 is 10.9 Å². The van der Waals surface area contributed by atoms with Gasteiger partial charge in [0.1, 0.15) is 0 Å². The second-order valence-electron chi connectivity index (χ2n) is 6.22. The Morgan fingerprint density at radius 2 is 2.14 bits per heavy atom. The molecule has 0 unspecified atom stereocenters. The summed E-state index contributed by atoms with van der Waals surface area (Å²) in [5.74, 6) is 0. The molecule has 0 bridgehead atoms. The molecule has 2 fully saturated rings. The summed E-state index contributed by atoms with van der Waals surface area (Å²) in [6.45, 7) is 2.66. The smallest absolute Gasteiger partial charge is 0.0991 e. The molecule has 1 aromatic heterocycles. The van der Waals surface area contributed by atoms with Crippen molar-refractivity contribution in [2.75, 3.05) is 20.3 Å². The summed E-state index contributed by atoms with van der Waals surface area (Å²) in [6, 6.07) is 13.1. The summed E-state index contributed by atoms with van der Waals surface area (Å²) in [6.07, 6.45) is 2.71. The van der Waals surface area contributed by atoms with Crippen molar-refractivity contribution in [3.05, 3.63) is 42.1 Å². The van der Waals surface area contributed by atoms with E-state index in [-0.39, 0.29) is 12.2 Å². The van der Waals surface area contributed by atoms with Crippen molar-refractivity contribution in [2.24, 2.45) is 0 Å². The number of rotatable bonds is 3. The van der Waals surface area contributed by atoms with Crippen LogP contribution in [0.25, 0.3) is 10.9 Å². The Hall–Kier alpha value is -1.49. The summed E-state index contributed by atoms with van der Waals surface area (Å²) in [5, 5.41) is 1.20. The lowest BCUT2D eigenvalue weighted by atomic mass is 10.1. The van der Waals surface area contributed by atoms with Crippen LogP contribution >= 0.6 is 0 Å². The number of methoxy groups -OCH3 is 1. The molecule has 22 heavy (non-hydrogen) atoms. The Balaban J connectivity index is 1.54. The summed E-state index contributed by atoms with van der Waals surface area (Å²) in [5.41, 5.74) is 2.21. The number of nitrogens with zero attached hydrogens (tertiary/aromatic N) is 2. The van der Waals surface area contributed by atoms with Crippen LogP contribution in [0.15, 0.2) is 36.4 Å². The molecule has 0 amide bonds. The van der Waals surface area contributed by atoms with E-state index in [1.54, 1.807) is 7.11 Å². The molecular weight excluding hydrogens is 276 g/mol. The topological polar surface area (TPSA) is 34.6 Å². The van der Waals surface area contributed by atoms with Gasteiger partial charge in [-0.15, -0.1) is 0 Å². The van der Waals surface area contributed by atoms with Crippen LogP contribution in [0.4, 0.5) is 0 Å². The summed E-state index contributed by atoms with van der Waals surface area (Å²) >= 11 is 0. The van der Waals surface area contributed by atoms with E-state index in [1.165, 1.54) is 5.39 Å². The summed E-state index contributed by atoms with van der Waals surface area (Å²) in [4.78, 5) is 7.33. The molecule has 116 valence electrons. The number of morpholine rings is 1. The van der Waals surface area contributed by atoms with Crippen LogP contribution in [0.1, 0.15) is 18.5 Å². The third-order valence-electron chi connectivity index (χ3n) is 4.97. The fourth-order valence-electron chi connectivity index (χ4n) is 3.84. The average molecular weight is 298 g/mol. The van der Waals surface area contributed by atoms with Gasteiger partial charge >= 0.3 is 0 Å². The second-order valence-corrected chi connectivity index (χ2v) is 6.22. The fourth-order valence-corrected chi connectivity index (χ4v) is 3.84. The van der Waals surface area contributed by atoms with Crippen LogP contribution in [-0.4, -0.2) is 48.4 Å². The first-order chi connectivity index (χ1) is 10.8. The van der Waals surface area contributed by atoms with E-state index in [2.05, 4.69) is 35.2 Å². The lowest BCUT2D eigenvalue weighted by Crippen LogP contribution is -2.51. The highest BCUT2D eigenvalue weighted by Gasteiger charge is 2.42. The predicted molar refractivity (Wildman–Crippen MR) is 85.7 cm³/mol. The number of ether oxygens (including phenoxy) is 2. The van der Waals surface area contributed by atoms with Crippen LogP contribution in [0.2, 0.25) is 0 Å². The second kappa shape index (κ2) is 5.95. The van der Waals surface area contributed by atoms with Crippen LogP contribution in [-0.2, 0) is 16.0 Å². The molecule has 3 atom stereocenters. The highest BCUT2D eigenvalue weighted by molar-refractivity contribution is 5.78. The predicted octanol–water partition coefficient (Wildman–Crippen LogP) is 2.61. The summed E-state index contributed by atoms with van der Waals surface area (Å²) < 4.78 is 11.5. The minimum absolute atomic E-state index is 0.221. The Labute approximate surface area is 131 Å². The largest absolute Gasteiger partial charge is 0.379 e. The van der Waals surface area contributed by atoms with E-state index in [4.69, 9.17) is 14.5 Å². The first-order valence-corrected chi connectivity index (χ1v) is 8.08. The maximum absolute atomic E-state index is 5.96. The Bertz CT molecular complexity index is 660. The van der Waals surface area contributed by atoms with Crippen molar-refractivity contribution in [1.29, 1.82) is 0 Å². The third kappa shape index (κ3) is 2.51. The number of hydrogen-bond acceptors (Lipinski definition) is 4. The van der Waals surface area contributed by atoms with E-state index in [0.29, 0.717) is 6.04 Å². The van der Waals surface area contributed by atoms with E-state index in [9.17, 15) is 0 Å². The third-order valence-corrected chi connectivity index (χ3v) is 4.97. The van der Waals surface area contributed by atoms with Gasteiger partial charge in [0.05, 0.1) is 30.0 Å². The monoisotopic (exact) mass is 298 g/mol. The number of benzene rings is 1. The first-order valence-electron chi connectivity index (χ1n) is 8.08. The maximum atomic E-state index is 5.96. The van der Waals surface area contributed by atoms with Gasteiger partial charge in [0.25, 0.3) is 0 Å². The minimum atomic E-state index is 0.221. The number of aromatic nitrogens is 1. The zero-order valence-electron chi connectivity index (χ0n) is 12.9. The highest BCUT2D eigenvalue weighted by Crippen LogP contribution is 2.32. The number of pyridine rings is 1. The Morgan fingerprint density at radius 3 is 3.05 bits per heavy atom. The molecule has 0 N–H and O–H groups in total. The highest BCUT2D eigenvalue weighted by atomic mass is 16.5. The molecule has 4 nitrogen and oxygen atoms in total. The molecule has 2 aromatic rings. The van der Waals surface area contributed by atoms with Gasteiger partial charge in [0.15, 0.2) is 0 Å². The van der Waals surface area contributed by atoms with Gasteiger partial charge in [-0.2, -0.15) is 0 Å². The van der Waals surface area contributed by atoms with Gasteiger partial charge in [-0.1, -0.05) is 24.3 Å². The quantitative estimate of drug-likeness (QED) is 0.872. The van der Waals surface area contributed by atoms with Crippen LogP contribution in [0.3, 0.4) is 0 Å². The summed E-state index contributed by atoms with van der Waals surface area (Å²) in [7, 11) is 1.79. The normalized spacial score (nSPS) is 28.9. The molecule has 1 aliphatic carbocycles. The van der Waals surface area contributed by atoms with Gasteiger partial charge < -0.3 is 9.47 Å². The Morgan fingerprint density at radius 1 is 1.23 bits per heavy atom. The van der Waals surface area contributed by atoms with E-state index < -0.39 is 0 Å². The van der Waals surface area contributed by atoms with Crippen molar-refractivity contribution in [1.82, 2.24) is 9.88 Å². The van der Waals surface area contributed by atoms with Crippen LogP contribution in [0.5, 0.6) is 0 Å². The zero-order chi connectivity index (χ0) is 14.9. The maximum Gasteiger partial charge on any atom is 0.0991 e. The van der Waals surface area contributed by atoms with E-state index in [0.717, 1.165) is 43.7 Å². The van der Waals surface area contributed by atoms with Crippen molar-refractivity contribution < 1.29 is 9.47 Å². The molecule has 4 rings (SSSR count). The number of fused-ring (bicyclic) bond motifs is 2. The Kier molecular flexibility index (Phi) is 3.82. The standard InChI is InChI=1S/C18H22N2O2/c1-21-17-9-8-16-18(17)22-11-10-20(16)12-14-7-6-13-4-2-3-5-15(13)19-14/h2-7,16-18H,8-12H2,1H3/t16-,17+,18+/m0/s1. The molecule has 2 aliphatic rings. The zero-order valence-corrected chi connectivity index (χ0v) is 12.9. The minimum Gasteiger partial charge on any atom is -0.379 e. The molecule has 0 spiro atoms. The van der Waals surface area contributed by atoms with Crippen molar-refractivity contribution in [3.63, 3.8) is 0 Å². The molecule has 1 aliphatic heterocycles. The van der Waals surface area contributed by atoms with Gasteiger partial charge in [-0.3, -0.25) is 9.88 Å². The molecule has 1 saturated carbocycles. The first kappa shape index (κ1) is 14.1. The van der Waals surface area contributed by atoms with Crippen LogP contribution in [0, 0.1) is 0 Å². The molecular formula is C18H22N2O2.